The molecular weight excluding hydrogens is 869 g/mol. The number of rotatable bonds is 8. The molecule has 0 N–H and O–H groups in total. The van der Waals surface area contributed by atoms with Gasteiger partial charge >= 0.3 is 0 Å². The van der Waals surface area contributed by atoms with Gasteiger partial charge in [-0.15, -0.1) is 0 Å². The summed E-state index contributed by atoms with van der Waals surface area (Å²) in [6, 6.07) is 103. The van der Waals surface area contributed by atoms with Gasteiger partial charge in [-0.3, -0.25) is 0 Å². The minimum absolute atomic E-state index is 1.07. The third-order valence-electron chi connectivity index (χ3n) is 14.7. The standard InChI is InChI=1S/C70H46N2/c1-2-18-47(19-3-1)54-40-55(44-58(43-54)72-68-37-13-12-34-66(68)67-45-51-22-4-5-23-52(51)46-70(67)72)50-26-14-28-56(41-50)71(57-29-15-27-53(42-57)61-35-16-24-48-20-6-8-30-59(48)61)69-39-38-64(63-32-10-11-33-65(63)69)62-36-17-25-49-21-7-9-31-60(49)62/h1-46H. The Morgan fingerprint density at radius 2 is 0.736 bits per heavy atom. The van der Waals surface area contributed by atoms with Crippen LogP contribution in [-0.4, -0.2) is 4.57 Å². The zero-order chi connectivity index (χ0) is 47.5. The van der Waals surface area contributed by atoms with E-state index in [-0.39, 0.29) is 0 Å². The molecule has 0 atom stereocenters. The van der Waals surface area contributed by atoms with Crippen LogP contribution in [0.5, 0.6) is 0 Å². The van der Waals surface area contributed by atoms with Crippen molar-refractivity contribution in [3.8, 4) is 50.2 Å². The van der Waals surface area contributed by atoms with Crippen LogP contribution in [0.4, 0.5) is 17.1 Å². The van der Waals surface area contributed by atoms with Gasteiger partial charge in [0.15, 0.2) is 0 Å². The molecule has 0 saturated carbocycles. The van der Waals surface area contributed by atoms with Gasteiger partial charge in [-0.2, -0.15) is 0 Å². The van der Waals surface area contributed by atoms with E-state index in [2.05, 4.69) is 289 Å². The summed E-state index contributed by atoms with van der Waals surface area (Å²) in [5.41, 5.74) is 16.2. The van der Waals surface area contributed by atoms with Crippen LogP contribution in [0.15, 0.2) is 279 Å². The molecule has 0 spiro atoms. The first-order chi connectivity index (χ1) is 35.7. The first kappa shape index (κ1) is 41.5. The molecule has 14 aromatic rings. The minimum Gasteiger partial charge on any atom is -0.310 e. The van der Waals surface area contributed by atoms with E-state index in [1.165, 1.54) is 92.7 Å². The van der Waals surface area contributed by atoms with Crippen LogP contribution in [0, 0.1) is 0 Å². The van der Waals surface area contributed by atoms with Gasteiger partial charge in [-0.25, -0.2) is 0 Å². The lowest BCUT2D eigenvalue weighted by molar-refractivity contribution is 1.18. The van der Waals surface area contributed by atoms with E-state index in [9.17, 15) is 0 Å². The number of aromatic nitrogens is 1. The van der Waals surface area contributed by atoms with E-state index in [0.717, 1.165) is 39.4 Å². The predicted octanol–water partition coefficient (Wildman–Crippen LogP) is 19.5. The summed E-state index contributed by atoms with van der Waals surface area (Å²) >= 11 is 0. The molecule has 2 heteroatoms. The van der Waals surface area contributed by atoms with Crippen LogP contribution in [0.2, 0.25) is 0 Å². The Labute approximate surface area is 418 Å². The highest BCUT2D eigenvalue weighted by molar-refractivity contribution is 6.14. The zero-order valence-corrected chi connectivity index (χ0v) is 39.5. The lowest BCUT2D eigenvalue weighted by Crippen LogP contribution is -2.11. The quantitative estimate of drug-likeness (QED) is 0.147. The molecule has 0 amide bonds. The highest BCUT2D eigenvalue weighted by atomic mass is 15.1. The lowest BCUT2D eigenvalue weighted by Gasteiger charge is -2.28. The van der Waals surface area contributed by atoms with Crippen LogP contribution in [-0.2, 0) is 0 Å². The lowest BCUT2D eigenvalue weighted by atomic mass is 9.92. The summed E-state index contributed by atoms with van der Waals surface area (Å²) in [5.74, 6) is 0. The molecular formula is C70H46N2. The minimum atomic E-state index is 1.07. The van der Waals surface area contributed by atoms with Crippen LogP contribution in [0.3, 0.4) is 0 Å². The first-order valence-corrected chi connectivity index (χ1v) is 24.8. The molecule has 0 unspecified atom stereocenters. The van der Waals surface area contributed by atoms with Gasteiger partial charge in [0.2, 0.25) is 0 Å². The fourth-order valence-corrected chi connectivity index (χ4v) is 11.4. The van der Waals surface area contributed by atoms with Crippen molar-refractivity contribution in [2.24, 2.45) is 0 Å². The molecule has 2 nitrogen and oxygen atoms in total. The second kappa shape index (κ2) is 17.2. The fourth-order valence-electron chi connectivity index (χ4n) is 11.4. The second-order valence-corrected chi connectivity index (χ2v) is 18.9. The van der Waals surface area contributed by atoms with Crippen molar-refractivity contribution < 1.29 is 0 Å². The maximum absolute atomic E-state index is 2.47. The van der Waals surface area contributed by atoms with Crippen molar-refractivity contribution in [1.29, 1.82) is 0 Å². The second-order valence-electron chi connectivity index (χ2n) is 18.9. The SMILES string of the molecule is c1ccc(-c2cc(-c3cccc(N(c4cccc(-c5cccc6ccccc56)c4)c4ccc(-c5cccc6ccccc56)c5ccccc45)c3)cc(-n3c4ccccc4c4cc5ccccc5cc43)c2)cc1. The van der Waals surface area contributed by atoms with Gasteiger partial charge in [0.25, 0.3) is 0 Å². The number of fused-ring (bicyclic) bond motifs is 7. The Kier molecular flexibility index (Phi) is 9.89. The number of para-hydroxylation sites is 1. The highest BCUT2D eigenvalue weighted by Gasteiger charge is 2.21. The number of benzene rings is 13. The van der Waals surface area contributed by atoms with Crippen LogP contribution in [0.1, 0.15) is 0 Å². The normalized spacial score (nSPS) is 11.6. The Bertz CT molecular complexity index is 4400. The van der Waals surface area contributed by atoms with E-state index in [1.807, 2.05) is 0 Å². The number of hydrogen-bond acceptors (Lipinski definition) is 1. The monoisotopic (exact) mass is 914 g/mol. The van der Waals surface area contributed by atoms with Crippen LogP contribution < -0.4 is 4.90 Å². The van der Waals surface area contributed by atoms with E-state index in [1.54, 1.807) is 0 Å². The predicted molar refractivity (Wildman–Crippen MR) is 307 cm³/mol. The summed E-state index contributed by atoms with van der Waals surface area (Å²) in [6.45, 7) is 0. The third kappa shape index (κ3) is 7.03. The van der Waals surface area contributed by atoms with Gasteiger partial charge in [-0.1, -0.05) is 212 Å². The van der Waals surface area contributed by atoms with Gasteiger partial charge in [-0.05, 0) is 149 Å². The summed E-state index contributed by atoms with van der Waals surface area (Å²) in [5, 5.41) is 12.3. The van der Waals surface area contributed by atoms with E-state index in [4.69, 9.17) is 0 Å². The molecule has 1 aromatic heterocycles. The largest absolute Gasteiger partial charge is 0.310 e. The summed E-state index contributed by atoms with van der Waals surface area (Å²) in [4.78, 5) is 2.47. The molecule has 0 aliphatic carbocycles. The van der Waals surface area contributed by atoms with Gasteiger partial charge < -0.3 is 9.47 Å². The van der Waals surface area contributed by atoms with Crippen molar-refractivity contribution in [1.82, 2.24) is 4.57 Å². The smallest absolute Gasteiger partial charge is 0.0547 e. The molecule has 1 heterocycles. The van der Waals surface area contributed by atoms with Crippen molar-refractivity contribution in [2.75, 3.05) is 4.90 Å². The van der Waals surface area contributed by atoms with Crippen molar-refractivity contribution in [3.63, 3.8) is 0 Å². The van der Waals surface area contributed by atoms with E-state index >= 15 is 0 Å². The van der Waals surface area contributed by atoms with Gasteiger partial charge in [0, 0.05) is 33.2 Å². The van der Waals surface area contributed by atoms with Crippen molar-refractivity contribution in [2.45, 2.75) is 0 Å². The Balaban J connectivity index is 0.991. The Morgan fingerprint density at radius 3 is 1.47 bits per heavy atom. The highest BCUT2D eigenvalue weighted by Crippen LogP contribution is 2.46. The zero-order valence-electron chi connectivity index (χ0n) is 39.5. The fraction of sp³-hybridized carbons (Fsp3) is 0. The molecule has 0 aliphatic heterocycles. The third-order valence-corrected chi connectivity index (χ3v) is 14.7. The number of anilines is 3. The molecule has 13 aromatic carbocycles. The Morgan fingerprint density at radius 1 is 0.236 bits per heavy atom. The maximum Gasteiger partial charge on any atom is 0.0547 e. The molecule has 0 radical (unpaired) electrons. The summed E-state index contributed by atoms with van der Waals surface area (Å²) in [7, 11) is 0. The van der Waals surface area contributed by atoms with Crippen LogP contribution in [0.25, 0.3) is 115 Å². The van der Waals surface area contributed by atoms with Gasteiger partial charge in [0.05, 0.1) is 16.7 Å². The molecule has 0 fully saturated rings. The van der Waals surface area contributed by atoms with Crippen molar-refractivity contribution in [3.05, 3.63) is 279 Å². The molecule has 0 bridgehead atoms. The van der Waals surface area contributed by atoms with Crippen molar-refractivity contribution >= 4 is 82.0 Å². The average molecular weight is 915 g/mol. The number of nitrogens with zero attached hydrogens (tertiary/aromatic N) is 2. The Hall–Kier alpha value is -9.50. The maximum atomic E-state index is 2.47. The van der Waals surface area contributed by atoms with Gasteiger partial charge in [0.1, 0.15) is 0 Å². The summed E-state index contributed by atoms with van der Waals surface area (Å²) in [6.07, 6.45) is 0. The van der Waals surface area contributed by atoms with Crippen LogP contribution >= 0.6 is 0 Å². The average Bonchev–Trinajstić information content (AvgIpc) is 3.77. The molecule has 0 aliphatic rings. The molecule has 336 valence electrons. The van der Waals surface area contributed by atoms with E-state index in [0.29, 0.717) is 0 Å². The number of hydrogen-bond donors (Lipinski definition) is 0. The molecule has 14 rings (SSSR count). The molecule has 72 heavy (non-hydrogen) atoms. The molecule has 0 saturated heterocycles. The summed E-state index contributed by atoms with van der Waals surface area (Å²) < 4.78 is 2.46. The first-order valence-electron chi connectivity index (χ1n) is 24.8. The topological polar surface area (TPSA) is 8.17 Å². The van der Waals surface area contributed by atoms with E-state index < -0.39 is 0 Å².